The van der Waals surface area contributed by atoms with Crippen molar-refractivity contribution in [2.45, 2.75) is 13.0 Å². The Labute approximate surface area is 135 Å². The summed E-state index contributed by atoms with van der Waals surface area (Å²) < 4.78 is 13.6. The van der Waals surface area contributed by atoms with Gasteiger partial charge in [-0.3, -0.25) is 4.79 Å². The van der Waals surface area contributed by atoms with Gasteiger partial charge in [0, 0.05) is 17.7 Å². The SMILES string of the molecule is CC(c1ccc(F)cc1)N(C)C(=O)c1cc(Br)cnc1Cl. The van der Waals surface area contributed by atoms with Crippen molar-refractivity contribution in [3.63, 3.8) is 0 Å². The molecule has 0 fully saturated rings. The Morgan fingerprint density at radius 2 is 2.00 bits per heavy atom. The Kier molecular flexibility index (Phi) is 4.96. The molecule has 0 spiro atoms. The van der Waals surface area contributed by atoms with Crippen molar-refractivity contribution < 1.29 is 9.18 Å². The van der Waals surface area contributed by atoms with E-state index in [0.29, 0.717) is 10.0 Å². The molecule has 0 radical (unpaired) electrons. The highest BCUT2D eigenvalue weighted by molar-refractivity contribution is 9.10. The first-order valence-corrected chi connectivity index (χ1v) is 7.41. The molecule has 0 aliphatic heterocycles. The van der Waals surface area contributed by atoms with Gasteiger partial charge in [0.15, 0.2) is 0 Å². The molecule has 1 aromatic heterocycles. The zero-order valence-electron chi connectivity index (χ0n) is 11.5. The maximum absolute atomic E-state index is 13.0. The molecule has 21 heavy (non-hydrogen) atoms. The van der Waals surface area contributed by atoms with E-state index in [1.165, 1.54) is 18.3 Å². The van der Waals surface area contributed by atoms with Gasteiger partial charge in [-0.1, -0.05) is 23.7 Å². The molecule has 1 aromatic carbocycles. The lowest BCUT2D eigenvalue weighted by atomic mass is 10.1. The predicted octanol–water partition coefficient (Wildman–Crippen LogP) is 4.47. The lowest BCUT2D eigenvalue weighted by Crippen LogP contribution is -2.30. The van der Waals surface area contributed by atoms with Gasteiger partial charge in [-0.2, -0.15) is 0 Å². The van der Waals surface area contributed by atoms with Gasteiger partial charge < -0.3 is 4.90 Å². The highest BCUT2D eigenvalue weighted by Crippen LogP contribution is 2.24. The second kappa shape index (κ2) is 6.54. The van der Waals surface area contributed by atoms with Crippen LogP contribution in [0.5, 0.6) is 0 Å². The number of hydrogen-bond acceptors (Lipinski definition) is 2. The van der Waals surface area contributed by atoms with E-state index in [1.807, 2.05) is 6.92 Å². The number of hydrogen-bond donors (Lipinski definition) is 0. The molecule has 0 bridgehead atoms. The van der Waals surface area contributed by atoms with Crippen LogP contribution in [0.15, 0.2) is 41.0 Å². The summed E-state index contributed by atoms with van der Waals surface area (Å²) in [5, 5.41) is 0.154. The average Bonchev–Trinajstić information content (AvgIpc) is 2.48. The number of pyridine rings is 1. The third-order valence-corrected chi connectivity index (χ3v) is 4.02. The summed E-state index contributed by atoms with van der Waals surface area (Å²) in [5.41, 5.74) is 1.16. The molecule has 3 nitrogen and oxygen atoms in total. The van der Waals surface area contributed by atoms with Gasteiger partial charge in [0.1, 0.15) is 11.0 Å². The largest absolute Gasteiger partial charge is 0.335 e. The maximum atomic E-state index is 13.0. The van der Waals surface area contributed by atoms with Crippen molar-refractivity contribution in [2.24, 2.45) is 0 Å². The number of carbonyl (C=O) groups is 1. The van der Waals surface area contributed by atoms with Crippen LogP contribution in [0.1, 0.15) is 28.9 Å². The molecule has 0 saturated carbocycles. The van der Waals surface area contributed by atoms with Crippen LogP contribution in [0.3, 0.4) is 0 Å². The Morgan fingerprint density at radius 3 is 2.62 bits per heavy atom. The monoisotopic (exact) mass is 370 g/mol. The molecular weight excluding hydrogens is 359 g/mol. The molecule has 0 N–H and O–H groups in total. The summed E-state index contributed by atoms with van der Waals surface area (Å²) in [4.78, 5) is 18.0. The van der Waals surface area contributed by atoms with Gasteiger partial charge in [-0.25, -0.2) is 9.37 Å². The van der Waals surface area contributed by atoms with E-state index in [0.717, 1.165) is 5.56 Å². The molecule has 2 rings (SSSR count). The zero-order valence-corrected chi connectivity index (χ0v) is 13.8. The van der Waals surface area contributed by atoms with Gasteiger partial charge >= 0.3 is 0 Å². The first-order valence-electron chi connectivity index (χ1n) is 6.24. The summed E-state index contributed by atoms with van der Waals surface area (Å²) in [6.07, 6.45) is 1.53. The van der Waals surface area contributed by atoms with Gasteiger partial charge in [-0.15, -0.1) is 0 Å². The lowest BCUT2D eigenvalue weighted by molar-refractivity contribution is 0.0742. The number of nitrogens with zero attached hydrogens (tertiary/aromatic N) is 2. The van der Waals surface area contributed by atoms with Crippen molar-refractivity contribution in [3.8, 4) is 0 Å². The highest BCUT2D eigenvalue weighted by atomic mass is 79.9. The summed E-state index contributed by atoms with van der Waals surface area (Å²) in [5.74, 6) is -0.551. The van der Waals surface area contributed by atoms with E-state index in [4.69, 9.17) is 11.6 Å². The molecule has 0 aliphatic carbocycles. The third kappa shape index (κ3) is 3.60. The minimum atomic E-state index is -0.306. The quantitative estimate of drug-likeness (QED) is 0.746. The number of amides is 1. The topological polar surface area (TPSA) is 33.2 Å². The Morgan fingerprint density at radius 1 is 1.38 bits per heavy atom. The number of halogens is 3. The van der Waals surface area contributed by atoms with E-state index in [9.17, 15) is 9.18 Å². The number of aromatic nitrogens is 1. The number of rotatable bonds is 3. The normalized spacial score (nSPS) is 12.0. The van der Waals surface area contributed by atoms with Crippen LogP contribution in [0.2, 0.25) is 5.15 Å². The first kappa shape index (κ1) is 15.9. The molecule has 1 heterocycles. The van der Waals surface area contributed by atoms with E-state index in [-0.39, 0.29) is 22.9 Å². The maximum Gasteiger partial charge on any atom is 0.257 e. The zero-order chi connectivity index (χ0) is 15.6. The fraction of sp³-hybridized carbons (Fsp3) is 0.200. The molecular formula is C15H13BrClFN2O. The third-order valence-electron chi connectivity index (χ3n) is 3.29. The molecule has 1 unspecified atom stereocenters. The highest BCUT2D eigenvalue weighted by Gasteiger charge is 2.21. The predicted molar refractivity (Wildman–Crippen MR) is 83.9 cm³/mol. The second-order valence-electron chi connectivity index (χ2n) is 4.64. The number of carbonyl (C=O) groups excluding carboxylic acids is 1. The molecule has 1 amide bonds. The minimum absolute atomic E-state index is 0.154. The van der Waals surface area contributed by atoms with Crippen LogP contribution in [0.4, 0.5) is 4.39 Å². The van der Waals surface area contributed by atoms with Gasteiger partial charge in [0.25, 0.3) is 5.91 Å². The van der Waals surface area contributed by atoms with Gasteiger partial charge in [0.2, 0.25) is 0 Å². The fourth-order valence-electron chi connectivity index (χ4n) is 1.90. The fourth-order valence-corrected chi connectivity index (χ4v) is 2.42. The van der Waals surface area contributed by atoms with E-state index < -0.39 is 0 Å². The van der Waals surface area contributed by atoms with Crippen LogP contribution in [0.25, 0.3) is 0 Å². The summed E-state index contributed by atoms with van der Waals surface area (Å²) in [7, 11) is 1.67. The van der Waals surface area contributed by atoms with E-state index >= 15 is 0 Å². The van der Waals surface area contributed by atoms with Crippen molar-refractivity contribution in [2.75, 3.05) is 7.05 Å². The van der Waals surface area contributed by atoms with E-state index in [1.54, 1.807) is 30.1 Å². The Balaban J connectivity index is 2.26. The Bertz CT molecular complexity index is 663. The van der Waals surface area contributed by atoms with Crippen molar-refractivity contribution in [3.05, 3.63) is 63.1 Å². The van der Waals surface area contributed by atoms with Gasteiger partial charge in [-0.05, 0) is 46.6 Å². The number of benzene rings is 1. The average molecular weight is 372 g/mol. The summed E-state index contributed by atoms with van der Waals surface area (Å²) in [6.45, 7) is 1.87. The minimum Gasteiger partial charge on any atom is -0.335 e. The van der Waals surface area contributed by atoms with Crippen LogP contribution < -0.4 is 0 Å². The van der Waals surface area contributed by atoms with Crippen molar-refractivity contribution >= 4 is 33.4 Å². The van der Waals surface area contributed by atoms with Crippen LogP contribution in [0, 0.1) is 5.82 Å². The van der Waals surface area contributed by atoms with E-state index in [2.05, 4.69) is 20.9 Å². The lowest BCUT2D eigenvalue weighted by Gasteiger charge is -2.25. The van der Waals surface area contributed by atoms with Crippen molar-refractivity contribution in [1.82, 2.24) is 9.88 Å². The molecule has 110 valence electrons. The smallest absolute Gasteiger partial charge is 0.257 e. The molecule has 6 heteroatoms. The first-order chi connectivity index (χ1) is 9.90. The molecule has 0 saturated heterocycles. The molecule has 0 aliphatic rings. The van der Waals surface area contributed by atoms with Gasteiger partial charge in [0.05, 0.1) is 11.6 Å². The molecule has 2 aromatic rings. The van der Waals surface area contributed by atoms with Crippen LogP contribution in [-0.4, -0.2) is 22.8 Å². The summed E-state index contributed by atoms with van der Waals surface area (Å²) in [6, 6.07) is 7.48. The van der Waals surface area contributed by atoms with Crippen molar-refractivity contribution in [1.29, 1.82) is 0 Å². The van der Waals surface area contributed by atoms with Crippen LogP contribution >= 0.6 is 27.5 Å². The van der Waals surface area contributed by atoms with Crippen LogP contribution in [-0.2, 0) is 0 Å². The second-order valence-corrected chi connectivity index (χ2v) is 5.91. The molecule has 1 atom stereocenters. The summed E-state index contributed by atoms with van der Waals surface area (Å²) >= 11 is 9.25. The Hall–Kier alpha value is -1.46. The standard InChI is InChI=1S/C15H13BrClFN2O/c1-9(10-3-5-12(18)6-4-10)20(2)15(21)13-7-11(16)8-19-14(13)17/h3-9H,1-2H3.